The van der Waals surface area contributed by atoms with E-state index in [1.807, 2.05) is 38.1 Å². The average Bonchev–Trinajstić information content (AvgIpc) is 2.55. The molecule has 4 heteroatoms. The van der Waals surface area contributed by atoms with Crippen LogP contribution in [0, 0.1) is 0 Å². The van der Waals surface area contributed by atoms with Crippen molar-refractivity contribution >= 4 is 17.5 Å². The number of amides is 2. The number of hydrogen-bond donors (Lipinski definition) is 2. The molecule has 4 nitrogen and oxygen atoms in total. The zero-order chi connectivity index (χ0) is 17.4. The summed E-state index contributed by atoms with van der Waals surface area (Å²) in [5, 5.41) is 5.70. The zero-order valence-electron chi connectivity index (χ0n) is 14.2. The summed E-state index contributed by atoms with van der Waals surface area (Å²) in [5.74, 6) is -0.249. The second-order valence-electron chi connectivity index (χ2n) is 6.06. The third-order valence-corrected chi connectivity index (χ3v) is 3.58. The van der Waals surface area contributed by atoms with Gasteiger partial charge in [-0.3, -0.25) is 9.59 Å². The van der Waals surface area contributed by atoms with Crippen molar-refractivity contribution in [2.45, 2.75) is 39.2 Å². The Labute approximate surface area is 143 Å². The fourth-order valence-corrected chi connectivity index (χ4v) is 2.44. The maximum atomic E-state index is 12.2. The van der Waals surface area contributed by atoms with Crippen molar-refractivity contribution in [1.29, 1.82) is 0 Å². The Morgan fingerprint density at radius 3 is 2.33 bits per heavy atom. The van der Waals surface area contributed by atoms with Crippen LogP contribution in [-0.4, -0.2) is 17.9 Å². The molecule has 0 bridgehead atoms. The van der Waals surface area contributed by atoms with Gasteiger partial charge in [0.15, 0.2) is 0 Å². The lowest BCUT2D eigenvalue weighted by Gasteiger charge is -2.13. The van der Waals surface area contributed by atoms with E-state index in [-0.39, 0.29) is 17.9 Å². The highest BCUT2D eigenvalue weighted by Gasteiger charge is 2.13. The fourth-order valence-electron chi connectivity index (χ4n) is 2.44. The summed E-state index contributed by atoms with van der Waals surface area (Å²) >= 11 is 0. The molecule has 0 unspecified atom stereocenters. The van der Waals surface area contributed by atoms with Crippen molar-refractivity contribution in [2.75, 3.05) is 5.32 Å². The van der Waals surface area contributed by atoms with Crippen LogP contribution >= 0.6 is 0 Å². The van der Waals surface area contributed by atoms with Gasteiger partial charge in [0.25, 0.3) is 5.91 Å². The normalized spacial score (nSPS) is 10.5. The van der Waals surface area contributed by atoms with Gasteiger partial charge in [-0.2, -0.15) is 0 Å². The molecule has 0 saturated carbocycles. The summed E-state index contributed by atoms with van der Waals surface area (Å²) < 4.78 is 0. The van der Waals surface area contributed by atoms with Gasteiger partial charge in [0.1, 0.15) is 0 Å². The number of rotatable bonds is 7. The minimum Gasteiger partial charge on any atom is -0.350 e. The van der Waals surface area contributed by atoms with Gasteiger partial charge in [-0.05, 0) is 44.4 Å². The lowest BCUT2D eigenvalue weighted by Crippen LogP contribution is -2.31. The first-order chi connectivity index (χ1) is 11.6. The van der Waals surface area contributed by atoms with Gasteiger partial charge in [-0.15, -0.1) is 0 Å². The van der Waals surface area contributed by atoms with E-state index in [0.717, 1.165) is 12.8 Å². The van der Waals surface area contributed by atoms with Crippen LogP contribution in [0.5, 0.6) is 0 Å². The monoisotopic (exact) mass is 324 g/mol. The molecular formula is C20H24N2O2. The molecule has 0 heterocycles. The topological polar surface area (TPSA) is 58.2 Å². The number of benzene rings is 2. The lowest BCUT2D eigenvalue weighted by molar-refractivity contribution is -0.116. The molecule has 2 aromatic rings. The Bertz CT molecular complexity index is 681. The fraction of sp³-hybridized carbons (Fsp3) is 0.300. The van der Waals surface area contributed by atoms with Crippen LogP contribution in [0.3, 0.4) is 0 Å². The average molecular weight is 324 g/mol. The van der Waals surface area contributed by atoms with Crippen LogP contribution in [0.2, 0.25) is 0 Å². The van der Waals surface area contributed by atoms with Crippen LogP contribution in [0.25, 0.3) is 0 Å². The molecule has 126 valence electrons. The minimum absolute atomic E-state index is 0.0483. The molecule has 0 radical (unpaired) electrons. The molecule has 2 N–H and O–H groups in total. The molecule has 0 spiro atoms. The summed E-state index contributed by atoms with van der Waals surface area (Å²) in [5.41, 5.74) is 2.27. The zero-order valence-corrected chi connectivity index (χ0v) is 14.2. The van der Waals surface area contributed by atoms with Gasteiger partial charge in [-0.25, -0.2) is 0 Å². The van der Waals surface area contributed by atoms with Crippen molar-refractivity contribution in [3.05, 3.63) is 65.7 Å². The molecule has 2 aromatic carbocycles. The summed E-state index contributed by atoms with van der Waals surface area (Å²) in [4.78, 5) is 24.4. The molecule has 0 aliphatic rings. The van der Waals surface area contributed by atoms with Crippen LogP contribution in [0.15, 0.2) is 54.6 Å². The first-order valence-corrected chi connectivity index (χ1v) is 8.30. The van der Waals surface area contributed by atoms with Crippen LogP contribution in [0.4, 0.5) is 5.69 Å². The highest BCUT2D eigenvalue weighted by atomic mass is 16.2. The molecule has 24 heavy (non-hydrogen) atoms. The largest absolute Gasteiger partial charge is 0.350 e. The van der Waals surface area contributed by atoms with E-state index in [2.05, 4.69) is 22.8 Å². The van der Waals surface area contributed by atoms with Gasteiger partial charge in [0.2, 0.25) is 5.91 Å². The second kappa shape index (κ2) is 8.87. The smallest absolute Gasteiger partial charge is 0.253 e. The van der Waals surface area contributed by atoms with E-state index in [0.29, 0.717) is 17.7 Å². The molecule has 0 fully saturated rings. The number of carbonyl (C=O) groups excluding carboxylic acids is 2. The van der Waals surface area contributed by atoms with Gasteiger partial charge >= 0.3 is 0 Å². The van der Waals surface area contributed by atoms with E-state index in [4.69, 9.17) is 0 Å². The first-order valence-electron chi connectivity index (χ1n) is 8.30. The van der Waals surface area contributed by atoms with Crippen molar-refractivity contribution in [1.82, 2.24) is 5.32 Å². The molecule has 0 aliphatic heterocycles. The number of anilines is 1. The minimum atomic E-state index is -0.176. The SMILES string of the molecule is CC(C)NC(=O)c1ccccc1NC(=O)CCCc1ccccc1. The predicted octanol–water partition coefficient (Wildman–Crippen LogP) is 3.79. The Morgan fingerprint density at radius 2 is 1.62 bits per heavy atom. The quantitative estimate of drug-likeness (QED) is 0.814. The maximum Gasteiger partial charge on any atom is 0.253 e. The van der Waals surface area contributed by atoms with Crippen molar-refractivity contribution in [3.63, 3.8) is 0 Å². The highest BCUT2D eigenvalue weighted by Crippen LogP contribution is 2.16. The number of nitrogens with one attached hydrogen (secondary N) is 2. The molecule has 0 aliphatic carbocycles. The second-order valence-corrected chi connectivity index (χ2v) is 6.06. The maximum absolute atomic E-state index is 12.2. The third-order valence-electron chi connectivity index (χ3n) is 3.58. The van der Waals surface area contributed by atoms with Gasteiger partial charge in [0, 0.05) is 12.5 Å². The number of para-hydroxylation sites is 1. The Balaban J connectivity index is 1.90. The van der Waals surface area contributed by atoms with Crippen molar-refractivity contribution < 1.29 is 9.59 Å². The van der Waals surface area contributed by atoms with Gasteiger partial charge in [0.05, 0.1) is 11.3 Å². The highest BCUT2D eigenvalue weighted by molar-refractivity contribution is 6.03. The van der Waals surface area contributed by atoms with E-state index >= 15 is 0 Å². The standard InChI is InChI=1S/C20H24N2O2/c1-15(2)21-20(24)17-12-6-7-13-18(17)22-19(23)14-8-11-16-9-4-3-5-10-16/h3-7,9-10,12-13,15H,8,11,14H2,1-2H3,(H,21,24)(H,22,23). The lowest BCUT2D eigenvalue weighted by atomic mass is 10.1. The van der Waals surface area contributed by atoms with Crippen molar-refractivity contribution in [2.24, 2.45) is 0 Å². The summed E-state index contributed by atoms with van der Waals surface area (Å²) in [7, 11) is 0. The number of aryl methyl sites for hydroxylation is 1. The molecular weight excluding hydrogens is 300 g/mol. The predicted molar refractivity (Wildman–Crippen MR) is 97.1 cm³/mol. The van der Waals surface area contributed by atoms with Crippen LogP contribution in [-0.2, 0) is 11.2 Å². The molecule has 0 atom stereocenters. The van der Waals surface area contributed by atoms with Gasteiger partial charge in [-0.1, -0.05) is 42.5 Å². The summed E-state index contributed by atoms with van der Waals surface area (Å²) in [6, 6.07) is 17.2. The van der Waals surface area contributed by atoms with E-state index in [1.54, 1.807) is 18.2 Å². The first kappa shape index (κ1) is 17.7. The van der Waals surface area contributed by atoms with E-state index in [9.17, 15) is 9.59 Å². The van der Waals surface area contributed by atoms with Gasteiger partial charge < -0.3 is 10.6 Å². The van der Waals surface area contributed by atoms with Crippen LogP contribution < -0.4 is 10.6 Å². The Hall–Kier alpha value is -2.62. The van der Waals surface area contributed by atoms with E-state index < -0.39 is 0 Å². The molecule has 0 aromatic heterocycles. The van der Waals surface area contributed by atoms with E-state index in [1.165, 1.54) is 5.56 Å². The number of hydrogen-bond acceptors (Lipinski definition) is 2. The number of carbonyl (C=O) groups is 2. The van der Waals surface area contributed by atoms with Crippen LogP contribution in [0.1, 0.15) is 42.6 Å². The Morgan fingerprint density at radius 1 is 0.958 bits per heavy atom. The molecule has 2 rings (SSSR count). The summed E-state index contributed by atoms with van der Waals surface area (Å²) in [6.07, 6.45) is 2.06. The molecule has 0 saturated heterocycles. The molecule has 2 amide bonds. The summed E-state index contributed by atoms with van der Waals surface area (Å²) in [6.45, 7) is 3.81. The third kappa shape index (κ3) is 5.54. The Kier molecular flexibility index (Phi) is 6.55. The van der Waals surface area contributed by atoms with Crippen molar-refractivity contribution in [3.8, 4) is 0 Å².